The minimum absolute atomic E-state index is 0. The summed E-state index contributed by atoms with van der Waals surface area (Å²) < 4.78 is 0. The van der Waals surface area contributed by atoms with E-state index in [0.717, 1.165) is 0 Å². The third kappa shape index (κ3) is 5.05. The first-order chi connectivity index (χ1) is 4.76. The summed E-state index contributed by atoms with van der Waals surface area (Å²) in [6.07, 6.45) is 5.10. The predicted molar refractivity (Wildman–Crippen MR) is 46.2 cm³/mol. The largest absolute Gasteiger partial charge is 1.00 e. The van der Waals surface area contributed by atoms with E-state index in [4.69, 9.17) is 0 Å². The number of nitrogens with one attached hydrogen (secondary N) is 1. The number of hydrogen-bond donors (Lipinski definition) is 1. The van der Waals surface area contributed by atoms with Crippen molar-refractivity contribution in [3.63, 3.8) is 0 Å². The third-order valence-corrected chi connectivity index (χ3v) is 1.72. The van der Waals surface area contributed by atoms with Crippen LogP contribution in [0.15, 0.2) is 25.3 Å². The van der Waals surface area contributed by atoms with Gasteiger partial charge in [-0.3, -0.25) is 0 Å². The van der Waals surface area contributed by atoms with E-state index in [1.807, 2.05) is 12.2 Å². The summed E-state index contributed by atoms with van der Waals surface area (Å²) in [6, 6.07) is 0.417. The normalized spacial score (nSPS) is 11.9. The van der Waals surface area contributed by atoms with E-state index < -0.39 is 0 Å². The van der Waals surface area contributed by atoms with Crippen LogP contribution in [0.5, 0.6) is 0 Å². The predicted octanol–water partition coefficient (Wildman–Crippen LogP) is -2.34. The third-order valence-electron chi connectivity index (χ3n) is 1.72. The Bertz CT molecular complexity index is 104. The van der Waals surface area contributed by atoms with Crippen LogP contribution in [-0.4, -0.2) is 19.6 Å². The average molecular weight is 176 g/mol. The molecule has 1 N–H and O–H groups in total. The van der Waals surface area contributed by atoms with Crippen molar-refractivity contribution >= 4 is 0 Å². The highest BCUT2D eigenvalue weighted by Crippen LogP contribution is 1.78. The molecule has 0 aromatic heterocycles. The highest BCUT2D eigenvalue weighted by Gasteiger charge is 2.07. The fourth-order valence-corrected chi connectivity index (χ4v) is 1.06. The number of likely N-dealkylation sites (N-methyl/N-ethyl adjacent to an activating group) is 1. The van der Waals surface area contributed by atoms with Crippen molar-refractivity contribution in [1.29, 1.82) is 0 Å². The van der Waals surface area contributed by atoms with Gasteiger partial charge in [0.05, 0.1) is 13.6 Å². The zero-order valence-corrected chi connectivity index (χ0v) is 8.19. The first-order valence-corrected chi connectivity index (χ1v) is 3.83. The van der Waals surface area contributed by atoms with E-state index in [9.17, 15) is 0 Å². The van der Waals surface area contributed by atoms with Crippen molar-refractivity contribution in [3.8, 4) is 0 Å². The standard InChI is InChI=1S/C9H17N.ClH/c1-5-8-10(4)9(6-2)7-3;/h6-7,9H,2-3,5,8H2,1,4H3;1H. The van der Waals surface area contributed by atoms with Gasteiger partial charge in [0.2, 0.25) is 0 Å². The van der Waals surface area contributed by atoms with Gasteiger partial charge in [-0.15, -0.1) is 0 Å². The van der Waals surface area contributed by atoms with Crippen molar-refractivity contribution in [3.05, 3.63) is 25.3 Å². The van der Waals surface area contributed by atoms with E-state index in [0.29, 0.717) is 6.04 Å². The number of hydrogen-bond acceptors (Lipinski definition) is 0. The van der Waals surface area contributed by atoms with E-state index >= 15 is 0 Å². The summed E-state index contributed by atoms with van der Waals surface area (Å²) in [5.74, 6) is 0. The molecule has 0 aliphatic heterocycles. The summed E-state index contributed by atoms with van der Waals surface area (Å²) in [4.78, 5) is 1.47. The van der Waals surface area contributed by atoms with Crippen LogP contribution in [0, 0.1) is 0 Å². The van der Waals surface area contributed by atoms with Crippen LogP contribution in [-0.2, 0) is 0 Å². The summed E-state index contributed by atoms with van der Waals surface area (Å²) in [7, 11) is 2.16. The second-order valence-electron chi connectivity index (χ2n) is 2.59. The van der Waals surface area contributed by atoms with Crippen LogP contribution < -0.4 is 17.3 Å². The highest BCUT2D eigenvalue weighted by molar-refractivity contribution is 4.91. The van der Waals surface area contributed by atoms with Crippen LogP contribution in [0.2, 0.25) is 0 Å². The molecule has 0 bridgehead atoms. The average Bonchev–Trinajstić information content (AvgIpc) is 1.91. The molecule has 0 radical (unpaired) electrons. The lowest BCUT2D eigenvalue weighted by Crippen LogP contribution is -3.12. The van der Waals surface area contributed by atoms with Gasteiger partial charge < -0.3 is 17.3 Å². The number of quaternary nitrogens is 1. The summed E-state index contributed by atoms with van der Waals surface area (Å²) in [6.45, 7) is 10.9. The molecule has 1 unspecified atom stereocenters. The Morgan fingerprint density at radius 2 is 1.82 bits per heavy atom. The van der Waals surface area contributed by atoms with E-state index in [2.05, 4.69) is 27.1 Å². The Kier molecular flexibility index (Phi) is 9.49. The molecule has 1 atom stereocenters. The summed E-state index contributed by atoms with van der Waals surface area (Å²) >= 11 is 0. The Labute approximate surface area is 76.2 Å². The fourth-order valence-electron chi connectivity index (χ4n) is 1.06. The molecule has 2 heteroatoms. The molecule has 0 aromatic carbocycles. The Balaban J connectivity index is 0. The number of halogens is 1. The molecule has 0 aliphatic carbocycles. The van der Waals surface area contributed by atoms with Crippen molar-refractivity contribution < 1.29 is 17.3 Å². The molecule has 0 saturated carbocycles. The quantitative estimate of drug-likeness (QED) is 0.447. The van der Waals surface area contributed by atoms with Crippen molar-refractivity contribution in [2.24, 2.45) is 0 Å². The molecular formula is C9H18ClN. The van der Waals surface area contributed by atoms with Gasteiger partial charge in [-0.25, -0.2) is 0 Å². The maximum Gasteiger partial charge on any atom is 0.124 e. The molecule has 11 heavy (non-hydrogen) atoms. The van der Waals surface area contributed by atoms with E-state index in [1.54, 1.807) is 0 Å². The van der Waals surface area contributed by atoms with Gasteiger partial charge in [0.25, 0.3) is 0 Å². The Morgan fingerprint density at radius 3 is 2.09 bits per heavy atom. The smallest absolute Gasteiger partial charge is 0.124 e. The van der Waals surface area contributed by atoms with Gasteiger partial charge in [0.1, 0.15) is 6.04 Å². The van der Waals surface area contributed by atoms with Gasteiger partial charge in [-0.05, 0) is 18.6 Å². The van der Waals surface area contributed by atoms with Gasteiger partial charge in [0, 0.05) is 0 Å². The van der Waals surface area contributed by atoms with Gasteiger partial charge in [-0.2, -0.15) is 0 Å². The lowest BCUT2D eigenvalue weighted by atomic mass is 10.2. The lowest BCUT2D eigenvalue weighted by Gasteiger charge is -2.17. The van der Waals surface area contributed by atoms with E-state index in [1.165, 1.54) is 17.9 Å². The molecule has 0 aromatic rings. The zero-order chi connectivity index (χ0) is 7.98. The van der Waals surface area contributed by atoms with Crippen LogP contribution in [0.1, 0.15) is 13.3 Å². The topological polar surface area (TPSA) is 4.44 Å². The second-order valence-corrected chi connectivity index (χ2v) is 2.59. The van der Waals surface area contributed by atoms with Gasteiger partial charge >= 0.3 is 0 Å². The van der Waals surface area contributed by atoms with Gasteiger partial charge in [0.15, 0.2) is 0 Å². The monoisotopic (exact) mass is 175 g/mol. The van der Waals surface area contributed by atoms with Crippen molar-refractivity contribution in [2.45, 2.75) is 19.4 Å². The molecule has 0 rings (SSSR count). The van der Waals surface area contributed by atoms with E-state index in [-0.39, 0.29) is 12.4 Å². The van der Waals surface area contributed by atoms with Crippen LogP contribution in [0.4, 0.5) is 0 Å². The highest BCUT2D eigenvalue weighted by atomic mass is 35.5. The Hall–Kier alpha value is -0.270. The number of rotatable bonds is 5. The zero-order valence-electron chi connectivity index (χ0n) is 7.44. The molecular weight excluding hydrogens is 158 g/mol. The van der Waals surface area contributed by atoms with Gasteiger partial charge in [-0.1, -0.05) is 20.1 Å². The maximum atomic E-state index is 3.74. The molecule has 0 spiro atoms. The summed E-state index contributed by atoms with van der Waals surface area (Å²) in [5.41, 5.74) is 0. The maximum absolute atomic E-state index is 3.74. The molecule has 0 fully saturated rings. The molecule has 66 valence electrons. The molecule has 0 aliphatic rings. The molecule has 1 nitrogen and oxygen atoms in total. The Morgan fingerprint density at radius 1 is 1.36 bits per heavy atom. The first kappa shape index (κ1) is 13.3. The lowest BCUT2D eigenvalue weighted by molar-refractivity contribution is -0.891. The summed E-state index contributed by atoms with van der Waals surface area (Å²) in [5, 5.41) is 0. The first-order valence-electron chi connectivity index (χ1n) is 3.83. The minimum atomic E-state index is 0. The second kappa shape index (κ2) is 7.83. The molecule has 0 saturated heterocycles. The fraction of sp³-hybridized carbons (Fsp3) is 0.556. The van der Waals surface area contributed by atoms with Crippen LogP contribution in [0.25, 0.3) is 0 Å². The molecule has 0 heterocycles. The SMILES string of the molecule is C=CC(C=C)[NH+](C)CCC.[Cl-]. The van der Waals surface area contributed by atoms with Crippen molar-refractivity contribution in [1.82, 2.24) is 0 Å². The van der Waals surface area contributed by atoms with Crippen molar-refractivity contribution in [2.75, 3.05) is 13.6 Å². The van der Waals surface area contributed by atoms with Crippen LogP contribution >= 0.6 is 0 Å². The minimum Gasteiger partial charge on any atom is -1.00 e. The molecule has 0 amide bonds. The van der Waals surface area contributed by atoms with Crippen LogP contribution in [0.3, 0.4) is 0 Å².